The lowest BCUT2D eigenvalue weighted by molar-refractivity contribution is -0.154. The first-order valence-electron chi connectivity index (χ1n) is 12.4. The lowest BCUT2D eigenvalue weighted by Gasteiger charge is -2.50. The van der Waals surface area contributed by atoms with Crippen molar-refractivity contribution in [2.75, 3.05) is 6.61 Å². The fraction of sp³-hybridized carbons (Fsp3) is 0.200. The number of carbonyl (C=O) groups excluding carboxylic acids is 2. The van der Waals surface area contributed by atoms with Gasteiger partial charge < -0.3 is 19.3 Å². The van der Waals surface area contributed by atoms with Gasteiger partial charge in [-0.05, 0) is 28.0 Å². The van der Waals surface area contributed by atoms with Crippen LogP contribution in [0.3, 0.4) is 0 Å². The number of carbonyl (C=O) groups is 3. The van der Waals surface area contributed by atoms with E-state index < -0.39 is 48.4 Å². The molecule has 1 fully saturated rings. The molecule has 0 saturated carbocycles. The van der Waals surface area contributed by atoms with Crippen molar-refractivity contribution in [3.8, 4) is 0 Å². The average molecular weight is 564 g/mol. The van der Waals surface area contributed by atoms with Crippen molar-refractivity contribution in [2.45, 2.75) is 24.6 Å². The molecule has 3 atom stereocenters. The number of carboxylic acids is 1. The molecule has 202 valence electrons. The van der Waals surface area contributed by atoms with Crippen molar-refractivity contribution < 1.29 is 28.8 Å². The monoisotopic (exact) mass is 563 g/mol. The number of ether oxygens (including phenoxy) is 1. The van der Waals surface area contributed by atoms with Crippen LogP contribution in [0.15, 0.2) is 104 Å². The van der Waals surface area contributed by atoms with Crippen LogP contribution in [0.5, 0.6) is 0 Å². The molecule has 1 saturated heterocycles. The molecule has 3 aromatic carbocycles. The summed E-state index contributed by atoms with van der Waals surface area (Å²) in [6, 6.07) is 27.6. The summed E-state index contributed by atoms with van der Waals surface area (Å²) in [5.74, 6) is -3.04. The van der Waals surface area contributed by atoms with Crippen LogP contribution in [0.1, 0.15) is 13.3 Å². The summed E-state index contributed by atoms with van der Waals surface area (Å²) in [5.41, 5.74) is 0.107. The van der Waals surface area contributed by atoms with E-state index in [1.807, 2.05) is 91.0 Å². The fourth-order valence-electron chi connectivity index (χ4n) is 5.17. The Kier molecular flexibility index (Phi) is 9.12. The Morgan fingerprint density at radius 3 is 1.82 bits per heavy atom. The molecule has 1 aliphatic heterocycles. The van der Waals surface area contributed by atoms with Gasteiger partial charge in [-0.15, -0.1) is 0 Å². The van der Waals surface area contributed by atoms with Crippen LogP contribution in [-0.4, -0.2) is 55.7 Å². The number of amides is 1. The minimum Gasteiger partial charge on any atom is -0.481 e. The van der Waals surface area contributed by atoms with Crippen molar-refractivity contribution >= 4 is 58.1 Å². The van der Waals surface area contributed by atoms with E-state index >= 15 is 0 Å². The van der Waals surface area contributed by atoms with Gasteiger partial charge in [-0.1, -0.05) is 111 Å². The molecule has 0 aliphatic carbocycles. The van der Waals surface area contributed by atoms with Gasteiger partial charge in [0.1, 0.15) is 12.0 Å². The fourth-order valence-corrected chi connectivity index (χ4v) is 9.99. The number of hydrogen-bond donors (Lipinski definition) is 2. The van der Waals surface area contributed by atoms with E-state index in [1.54, 1.807) is 6.92 Å². The summed E-state index contributed by atoms with van der Waals surface area (Å²) < 4.78 is 15.4. The number of hydrogen-bond acceptors (Lipinski definition) is 6. The number of nitrogens with zero attached hydrogens (tertiary/aromatic N) is 1. The van der Waals surface area contributed by atoms with E-state index in [0.717, 1.165) is 15.9 Å². The minimum atomic E-state index is -3.11. The van der Waals surface area contributed by atoms with E-state index in [9.17, 15) is 24.0 Å². The standard InChI is InChI=1S/C30H30NO6PS/c1-3-19-37-30(35)29(31-25(20-26(32)33)27(28(31)34)21(2)39-36)38(22-13-7-4-8-14-22,23-15-9-5-10-16-23)24-17-11-6-12-18-24/h3-18,21,25,27,36H,1,19-20H2,2H3,(H,32,33)/t21-,25-,27-/m1/s1. The predicted molar refractivity (Wildman–Crippen MR) is 157 cm³/mol. The molecule has 7 nitrogen and oxygen atoms in total. The number of benzene rings is 3. The third kappa shape index (κ3) is 5.33. The molecule has 1 aliphatic rings. The topological polar surface area (TPSA) is 104 Å². The first-order valence-corrected chi connectivity index (χ1v) is 15.1. The molecular formula is C30H30NO6PS. The zero-order chi connectivity index (χ0) is 28.0. The SMILES string of the molecule is C=CCOC(=O)C(N1C(=O)[C@H]([C@@H](C)SO)[C@H]1CC(=O)O)=P(c1ccccc1)(c1ccccc1)c1ccccc1. The highest BCUT2D eigenvalue weighted by molar-refractivity contribution is 7.96. The highest BCUT2D eigenvalue weighted by Crippen LogP contribution is 2.50. The summed E-state index contributed by atoms with van der Waals surface area (Å²) >= 11 is 0.506. The van der Waals surface area contributed by atoms with E-state index in [0.29, 0.717) is 12.0 Å². The molecule has 3 aromatic rings. The van der Waals surface area contributed by atoms with Crippen LogP contribution in [-0.2, 0) is 19.1 Å². The molecule has 1 amide bonds. The smallest absolute Gasteiger partial charge is 0.356 e. The second kappa shape index (κ2) is 12.5. The van der Waals surface area contributed by atoms with E-state index in [2.05, 4.69) is 6.58 Å². The van der Waals surface area contributed by atoms with Gasteiger partial charge in [-0.3, -0.25) is 9.59 Å². The lowest BCUT2D eigenvalue weighted by atomic mass is 9.82. The van der Waals surface area contributed by atoms with Gasteiger partial charge in [-0.25, -0.2) is 4.79 Å². The number of aliphatic carboxylic acids is 1. The summed E-state index contributed by atoms with van der Waals surface area (Å²) in [4.78, 5) is 41.4. The van der Waals surface area contributed by atoms with E-state index in [-0.39, 0.29) is 12.0 Å². The maximum atomic E-state index is 14.2. The van der Waals surface area contributed by atoms with E-state index in [1.165, 1.54) is 11.0 Å². The second-order valence-corrected chi connectivity index (χ2v) is 13.4. The van der Waals surface area contributed by atoms with Gasteiger partial charge in [0.05, 0.1) is 18.4 Å². The summed E-state index contributed by atoms with van der Waals surface area (Å²) in [6.07, 6.45) is 1.06. The van der Waals surface area contributed by atoms with Crippen LogP contribution >= 0.6 is 18.9 Å². The minimum absolute atomic E-state index is 0.0847. The quantitative estimate of drug-likeness (QED) is 0.120. The van der Waals surface area contributed by atoms with Crippen molar-refractivity contribution in [2.24, 2.45) is 5.92 Å². The molecule has 0 radical (unpaired) electrons. The van der Waals surface area contributed by atoms with Crippen LogP contribution in [0.25, 0.3) is 0 Å². The summed E-state index contributed by atoms with van der Waals surface area (Å²) in [5, 5.41) is 11.7. The Morgan fingerprint density at radius 2 is 1.44 bits per heavy atom. The largest absolute Gasteiger partial charge is 0.481 e. The third-order valence-corrected chi connectivity index (χ3v) is 11.7. The van der Waals surface area contributed by atoms with Crippen molar-refractivity contribution in [3.63, 3.8) is 0 Å². The van der Waals surface area contributed by atoms with E-state index in [4.69, 9.17) is 4.74 Å². The first-order chi connectivity index (χ1) is 18.9. The first kappa shape index (κ1) is 28.4. The third-order valence-electron chi connectivity index (χ3n) is 6.82. The van der Waals surface area contributed by atoms with Crippen LogP contribution in [0.4, 0.5) is 0 Å². The highest BCUT2D eigenvalue weighted by atomic mass is 32.2. The maximum absolute atomic E-state index is 14.2. The molecule has 1 heterocycles. The van der Waals surface area contributed by atoms with Crippen LogP contribution in [0.2, 0.25) is 0 Å². The zero-order valence-electron chi connectivity index (χ0n) is 21.4. The Bertz CT molecular complexity index is 1290. The summed E-state index contributed by atoms with van der Waals surface area (Å²) in [6.45, 7) is 2.13. The molecule has 0 bridgehead atoms. The number of rotatable bonds is 11. The molecule has 0 unspecified atom stereocenters. The van der Waals surface area contributed by atoms with Gasteiger partial charge in [-0.2, -0.15) is 0 Å². The zero-order valence-corrected chi connectivity index (χ0v) is 23.1. The van der Waals surface area contributed by atoms with Gasteiger partial charge in [0.2, 0.25) is 5.91 Å². The van der Waals surface area contributed by atoms with Gasteiger partial charge in [0, 0.05) is 12.1 Å². The number of β-lactam (4-membered cyclic amide) rings is 1. The molecule has 2 N–H and O–H groups in total. The average Bonchev–Trinajstić information content (AvgIpc) is 2.97. The molecule has 0 aromatic heterocycles. The molecule has 39 heavy (non-hydrogen) atoms. The number of carboxylic acid groups (broad SMARTS) is 1. The predicted octanol–water partition coefficient (Wildman–Crippen LogP) is 3.74. The Labute approximate surface area is 232 Å². The maximum Gasteiger partial charge on any atom is 0.356 e. The summed E-state index contributed by atoms with van der Waals surface area (Å²) in [7, 11) is 0. The Balaban J connectivity index is 2.19. The second-order valence-electron chi connectivity index (χ2n) is 9.10. The molecular weight excluding hydrogens is 533 g/mol. The van der Waals surface area contributed by atoms with Gasteiger partial charge in [0.25, 0.3) is 0 Å². The lowest BCUT2D eigenvalue weighted by Crippen LogP contribution is -2.68. The van der Waals surface area contributed by atoms with Crippen LogP contribution < -0.4 is 15.9 Å². The molecule has 9 heteroatoms. The van der Waals surface area contributed by atoms with Crippen LogP contribution in [0, 0.1) is 5.92 Å². The van der Waals surface area contributed by atoms with Gasteiger partial charge in [0.15, 0.2) is 0 Å². The van der Waals surface area contributed by atoms with Gasteiger partial charge >= 0.3 is 11.9 Å². The van der Waals surface area contributed by atoms with Crippen molar-refractivity contribution in [1.29, 1.82) is 0 Å². The Morgan fingerprint density at radius 1 is 0.974 bits per heavy atom. The Hall–Kier alpha value is -3.58. The number of likely N-dealkylation sites (tertiary alicyclic amines) is 1. The van der Waals surface area contributed by atoms with Crippen molar-refractivity contribution in [1.82, 2.24) is 4.90 Å². The van der Waals surface area contributed by atoms with Crippen molar-refractivity contribution in [3.05, 3.63) is 104 Å². The number of esters is 1. The molecule has 0 spiro atoms. The normalized spacial score (nSPS) is 17.6. The molecule has 4 rings (SSSR count). The highest BCUT2D eigenvalue weighted by Gasteiger charge is 2.56.